The molecule has 160 valence electrons. The molecule has 0 aliphatic heterocycles. The lowest BCUT2D eigenvalue weighted by Gasteiger charge is -2.28. The fourth-order valence-corrected chi connectivity index (χ4v) is 3.34. The van der Waals surface area contributed by atoms with Crippen molar-refractivity contribution in [1.82, 2.24) is 0 Å². The molecule has 2 heteroatoms. The van der Waals surface area contributed by atoms with E-state index in [4.69, 9.17) is 5.26 Å². The summed E-state index contributed by atoms with van der Waals surface area (Å²) in [5.41, 5.74) is 1.86. The second-order valence-corrected chi connectivity index (χ2v) is 7.49. The minimum atomic E-state index is 0.249. The molecule has 0 heterocycles. The van der Waals surface area contributed by atoms with Crippen molar-refractivity contribution in [2.45, 2.75) is 100 Å². The van der Waals surface area contributed by atoms with Gasteiger partial charge in [0.15, 0.2) is 0 Å². The second kappa shape index (κ2) is 18.7. The van der Waals surface area contributed by atoms with E-state index in [1.54, 1.807) is 6.07 Å². The summed E-state index contributed by atoms with van der Waals surface area (Å²) in [6, 6.07) is 9.58. The van der Waals surface area contributed by atoms with Crippen molar-refractivity contribution in [1.29, 1.82) is 5.26 Å². The molecule has 0 N–H and O–H groups in total. The first-order valence-corrected chi connectivity index (χ1v) is 11.4. The average Bonchev–Trinajstić information content (AvgIpc) is 2.74. The van der Waals surface area contributed by atoms with Crippen molar-refractivity contribution >= 4 is 5.78 Å². The smallest absolute Gasteiger partial charge is 0.135 e. The van der Waals surface area contributed by atoms with Gasteiger partial charge in [-0.25, -0.2) is 0 Å². The Hall–Kier alpha value is -1.62. The van der Waals surface area contributed by atoms with Crippen LogP contribution in [0.1, 0.15) is 105 Å². The number of rotatable bonds is 10. The van der Waals surface area contributed by atoms with Crippen LogP contribution in [0.5, 0.6) is 0 Å². The summed E-state index contributed by atoms with van der Waals surface area (Å²) in [7, 11) is 0. The van der Waals surface area contributed by atoms with Gasteiger partial charge in [0.25, 0.3) is 0 Å². The number of benzene rings is 1. The zero-order valence-electron chi connectivity index (χ0n) is 19.8. The highest BCUT2D eigenvalue weighted by molar-refractivity contribution is 5.80. The minimum absolute atomic E-state index is 0.249. The van der Waals surface area contributed by atoms with E-state index in [9.17, 15) is 4.79 Å². The Morgan fingerprint density at radius 3 is 1.93 bits per heavy atom. The lowest BCUT2D eigenvalue weighted by atomic mass is 9.76. The van der Waals surface area contributed by atoms with E-state index < -0.39 is 0 Å². The number of ketones is 1. The van der Waals surface area contributed by atoms with E-state index in [1.807, 2.05) is 45.9 Å². The Kier molecular flexibility index (Phi) is 19.1. The highest BCUT2D eigenvalue weighted by atomic mass is 16.1. The SMILES string of the molecule is CC.CCCCC(CCCC)C(C)C(C)C(=O)CC.Cc1cccc(C#N)c1. The highest BCUT2D eigenvalue weighted by Gasteiger charge is 2.25. The summed E-state index contributed by atoms with van der Waals surface area (Å²) in [6.07, 6.45) is 8.46. The third-order valence-corrected chi connectivity index (χ3v) is 5.39. The molecule has 0 bridgehead atoms. The van der Waals surface area contributed by atoms with Gasteiger partial charge < -0.3 is 0 Å². The van der Waals surface area contributed by atoms with Crippen LogP contribution in [0.4, 0.5) is 0 Å². The largest absolute Gasteiger partial charge is 0.299 e. The molecule has 0 spiro atoms. The van der Waals surface area contributed by atoms with Crippen LogP contribution in [0.3, 0.4) is 0 Å². The number of Topliss-reactive ketones (excluding diaryl/α,β-unsaturated/α-hetero) is 1. The molecule has 1 aromatic carbocycles. The maximum Gasteiger partial charge on any atom is 0.135 e. The number of hydrogen-bond donors (Lipinski definition) is 0. The normalized spacial score (nSPS) is 12.0. The molecule has 0 amide bonds. The van der Waals surface area contributed by atoms with Gasteiger partial charge in [-0.1, -0.05) is 99.1 Å². The van der Waals surface area contributed by atoms with Gasteiger partial charge in [0.05, 0.1) is 11.6 Å². The van der Waals surface area contributed by atoms with E-state index >= 15 is 0 Å². The molecule has 0 radical (unpaired) electrons. The van der Waals surface area contributed by atoms with Gasteiger partial charge >= 0.3 is 0 Å². The average molecular weight is 388 g/mol. The molecule has 2 atom stereocenters. The number of nitriles is 1. The van der Waals surface area contributed by atoms with Crippen LogP contribution in [-0.2, 0) is 4.79 Å². The van der Waals surface area contributed by atoms with Crippen LogP contribution in [0.25, 0.3) is 0 Å². The maximum atomic E-state index is 11.8. The predicted octanol–water partition coefficient (Wildman–Crippen LogP) is 8.13. The monoisotopic (exact) mass is 387 g/mol. The summed E-state index contributed by atoms with van der Waals surface area (Å²) < 4.78 is 0. The molecule has 0 aromatic heterocycles. The highest BCUT2D eigenvalue weighted by Crippen LogP contribution is 2.30. The van der Waals surface area contributed by atoms with E-state index in [-0.39, 0.29) is 5.92 Å². The van der Waals surface area contributed by atoms with Gasteiger partial charge in [0, 0.05) is 12.3 Å². The standard InChI is InChI=1S/C16H32O.C8H7N.C2H6/c1-6-9-11-15(12-10-7-2)13(4)14(5)16(17)8-3;1-7-3-2-4-8(5-7)6-9;1-2/h13-15H,6-12H2,1-5H3;2-5H,1H3;1-2H3. The predicted molar refractivity (Wildman–Crippen MR) is 123 cm³/mol. The first kappa shape index (κ1) is 28.6. The van der Waals surface area contributed by atoms with Crippen molar-refractivity contribution in [3.05, 3.63) is 35.4 Å². The van der Waals surface area contributed by atoms with E-state index in [2.05, 4.69) is 33.8 Å². The molecule has 0 saturated carbocycles. The molecule has 28 heavy (non-hydrogen) atoms. The van der Waals surface area contributed by atoms with E-state index in [0.29, 0.717) is 18.1 Å². The lowest BCUT2D eigenvalue weighted by Crippen LogP contribution is -2.25. The topological polar surface area (TPSA) is 40.9 Å². The van der Waals surface area contributed by atoms with Gasteiger partial charge in [-0.05, 0) is 36.5 Å². The first-order chi connectivity index (χ1) is 13.4. The Balaban J connectivity index is 0. The molecular weight excluding hydrogens is 342 g/mol. The molecule has 0 saturated heterocycles. The maximum absolute atomic E-state index is 11.8. The zero-order chi connectivity index (χ0) is 21.9. The van der Waals surface area contributed by atoms with Crippen LogP contribution in [-0.4, -0.2) is 5.78 Å². The Morgan fingerprint density at radius 2 is 1.57 bits per heavy atom. The van der Waals surface area contributed by atoms with E-state index in [1.165, 1.54) is 38.5 Å². The van der Waals surface area contributed by atoms with Crippen molar-refractivity contribution in [3.8, 4) is 6.07 Å². The quantitative estimate of drug-likeness (QED) is 0.406. The number of nitrogens with zero attached hydrogens (tertiary/aromatic N) is 1. The van der Waals surface area contributed by atoms with Gasteiger partial charge in [-0.3, -0.25) is 4.79 Å². The number of carbonyl (C=O) groups excluding carboxylic acids is 1. The van der Waals surface area contributed by atoms with Crippen molar-refractivity contribution in [2.24, 2.45) is 17.8 Å². The van der Waals surface area contributed by atoms with E-state index in [0.717, 1.165) is 17.0 Å². The number of aryl methyl sites for hydroxylation is 1. The van der Waals surface area contributed by atoms with Gasteiger partial charge in [0.2, 0.25) is 0 Å². The van der Waals surface area contributed by atoms with Crippen LogP contribution < -0.4 is 0 Å². The van der Waals surface area contributed by atoms with Crippen molar-refractivity contribution in [3.63, 3.8) is 0 Å². The molecule has 1 aromatic rings. The van der Waals surface area contributed by atoms with Crippen LogP contribution in [0.15, 0.2) is 24.3 Å². The van der Waals surface area contributed by atoms with Crippen molar-refractivity contribution < 1.29 is 4.79 Å². The van der Waals surface area contributed by atoms with Gasteiger partial charge in [-0.2, -0.15) is 5.26 Å². The Labute approximate surface area is 175 Å². The summed E-state index contributed by atoms with van der Waals surface area (Å²) >= 11 is 0. The number of unbranched alkanes of at least 4 members (excludes halogenated alkanes) is 2. The van der Waals surface area contributed by atoms with Crippen LogP contribution in [0, 0.1) is 36.0 Å². The third-order valence-electron chi connectivity index (χ3n) is 5.39. The molecule has 2 nitrogen and oxygen atoms in total. The second-order valence-electron chi connectivity index (χ2n) is 7.49. The molecule has 1 rings (SSSR count). The molecule has 0 aliphatic rings. The van der Waals surface area contributed by atoms with Crippen LogP contribution in [0.2, 0.25) is 0 Å². The summed E-state index contributed by atoms with van der Waals surface area (Å²) in [5, 5.41) is 8.41. The zero-order valence-corrected chi connectivity index (χ0v) is 19.8. The number of carbonyl (C=O) groups is 1. The Morgan fingerprint density at radius 1 is 1.04 bits per heavy atom. The fraction of sp³-hybridized carbons (Fsp3) is 0.692. The molecule has 0 aliphatic carbocycles. The summed E-state index contributed by atoms with van der Waals surface area (Å²) in [4.78, 5) is 11.8. The third kappa shape index (κ3) is 12.7. The number of hydrogen-bond acceptors (Lipinski definition) is 2. The molecular formula is C26H45NO. The first-order valence-electron chi connectivity index (χ1n) is 11.4. The fourth-order valence-electron chi connectivity index (χ4n) is 3.34. The summed E-state index contributed by atoms with van der Waals surface area (Å²) in [6.45, 7) is 16.9. The van der Waals surface area contributed by atoms with Crippen molar-refractivity contribution in [2.75, 3.05) is 0 Å². The Bertz CT molecular complexity index is 536. The van der Waals surface area contributed by atoms with Gasteiger partial charge in [0.1, 0.15) is 5.78 Å². The molecule has 0 fully saturated rings. The van der Waals surface area contributed by atoms with Crippen LogP contribution >= 0.6 is 0 Å². The minimum Gasteiger partial charge on any atom is -0.299 e. The van der Waals surface area contributed by atoms with Gasteiger partial charge in [-0.15, -0.1) is 0 Å². The summed E-state index contributed by atoms with van der Waals surface area (Å²) in [5.74, 6) is 2.00. The lowest BCUT2D eigenvalue weighted by molar-refractivity contribution is -0.124. The molecule has 2 unspecified atom stereocenters.